The van der Waals surface area contributed by atoms with Crippen LogP contribution in [0.3, 0.4) is 0 Å². The van der Waals surface area contributed by atoms with E-state index in [2.05, 4.69) is 5.32 Å². The monoisotopic (exact) mass is 385 g/mol. The van der Waals surface area contributed by atoms with E-state index < -0.39 is 23.0 Å². The predicted molar refractivity (Wildman–Crippen MR) is 95.3 cm³/mol. The predicted octanol–water partition coefficient (Wildman–Crippen LogP) is 1.33. The summed E-state index contributed by atoms with van der Waals surface area (Å²) >= 11 is 6.63. The van der Waals surface area contributed by atoms with Gasteiger partial charge < -0.3 is 19.5 Å². The van der Waals surface area contributed by atoms with Gasteiger partial charge in [0.15, 0.2) is 17.2 Å². The number of methoxy groups -OCH3 is 2. The molecule has 2 heterocycles. The Morgan fingerprint density at radius 3 is 2.58 bits per heavy atom. The molecule has 0 radical (unpaired) electrons. The zero-order valence-corrected chi connectivity index (χ0v) is 16.3. The van der Waals surface area contributed by atoms with Crippen molar-refractivity contribution in [1.29, 1.82) is 0 Å². The van der Waals surface area contributed by atoms with Crippen LogP contribution < -0.4 is 5.32 Å². The van der Waals surface area contributed by atoms with Gasteiger partial charge in [-0.25, -0.2) is 0 Å². The van der Waals surface area contributed by atoms with Gasteiger partial charge in [-0.2, -0.15) is 0 Å². The third kappa shape index (κ3) is 2.46. The van der Waals surface area contributed by atoms with E-state index in [1.165, 1.54) is 0 Å². The Labute approximate surface area is 159 Å². The minimum Gasteiger partial charge on any atom is -0.380 e. The van der Waals surface area contributed by atoms with E-state index in [1.54, 1.807) is 14.2 Å². The highest BCUT2D eigenvalue weighted by Crippen LogP contribution is 2.51. The summed E-state index contributed by atoms with van der Waals surface area (Å²) < 4.78 is 17.4. The van der Waals surface area contributed by atoms with E-state index in [0.29, 0.717) is 6.42 Å². The number of nitrogens with one attached hydrogen (secondary N) is 1. The minimum atomic E-state index is -1.37. The molecule has 4 fully saturated rings. The standard InChI is InChI=1S/C19H28ClNO5/c1-9-7-11-10(5-4-6-21-11)17(22)19(9)18(23)14-12(24-2)8-13(25-3)15(20)16(14)26-19/h9-16,21H,4-8H2,1-3H3/t9-,10?,11?,12?,13?,14?,15?,16?,19+/m1/s1. The van der Waals surface area contributed by atoms with E-state index in [1.807, 2.05) is 6.92 Å². The smallest absolute Gasteiger partial charge is 0.188 e. The van der Waals surface area contributed by atoms with Crippen molar-refractivity contribution in [2.24, 2.45) is 17.8 Å². The lowest BCUT2D eigenvalue weighted by Gasteiger charge is -2.46. The van der Waals surface area contributed by atoms with Crippen molar-refractivity contribution in [2.45, 2.75) is 67.9 Å². The highest BCUT2D eigenvalue weighted by molar-refractivity contribution is 6.23. The highest BCUT2D eigenvalue weighted by Gasteiger charge is 2.69. The van der Waals surface area contributed by atoms with Crippen molar-refractivity contribution in [1.82, 2.24) is 5.32 Å². The Balaban J connectivity index is 1.71. The number of halogens is 1. The molecule has 0 aromatic rings. The van der Waals surface area contributed by atoms with Gasteiger partial charge >= 0.3 is 0 Å². The minimum absolute atomic E-state index is 0.0551. The normalized spacial score (nSPS) is 51.4. The van der Waals surface area contributed by atoms with Gasteiger partial charge in [0.2, 0.25) is 0 Å². The molecule has 0 aromatic heterocycles. The summed E-state index contributed by atoms with van der Waals surface area (Å²) in [4.78, 5) is 27.1. The fourth-order valence-electron chi connectivity index (χ4n) is 5.69. The molecule has 4 aliphatic rings. The van der Waals surface area contributed by atoms with Crippen LogP contribution in [-0.2, 0) is 23.8 Å². The molecule has 2 saturated heterocycles. The van der Waals surface area contributed by atoms with Gasteiger partial charge in [0.1, 0.15) is 0 Å². The molecule has 1 spiro atoms. The number of ether oxygens (including phenoxy) is 3. The van der Waals surface area contributed by atoms with Gasteiger partial charge in [0.25, 0.3) is 0 Å². The lowest BCUT2D eigenvalue weighted by atomic mass is 9.63. The zero-order valence-electron chi connectivity index (χ0n) is 15.6. The second kappa shape index (κ2) is 6.82. The summed E-state index contributed by atoms with van der Waals surface area (Å²) in [5.74, 6) is -1.02. The van der Waals surface area contributed by atoms with Crippen molar-refractivity contribution in [3.05, 3.63) is 0 Å². The number of Topliss-reactive ketones (excluding diaryl/α,β-unsaturated/α-hetero) is 2. The summed E-state index contributed by atoms with van der Waals surface area (Å²) in [6, 6.07) is 0.146. The van der Waals surface area contributed by atoms with Crippen LogP contribution in [0.1, 0.15) is 32.6 Å². The molecule has 7 unspecified atom stereocenters. The number of hydrogen-bond donors (Lipinski definition) is 1. The first-order valence-corrected chi connectivity index (χ1v) is 10.1. The molecule has 7 heteroatoms. The summed E-state index contributed by atoms with van der Waals surface area (Å²) in [5, 5.41) is 2.98. The average molecular weight is 386 g/mol. The van der Waals surface area contributed by atoms with E-state index in [0.717, 1.165) is 25.8 Å². The van der Waals surface area contributed by atoms with Crippen LogP contribution in [0.2, 0.25) is 0 Å². The van der Waals surface area contributed by atoms with E-state index in [-0.39, 0.29) is 41.7 Å². The molecule has 26 heavy (non-hydrogen) atoms. The van der Waals surface area contributed by atoms with Crippen LogP contribution in [0.25, 0.3) is 0 Å². The lowest BCUT2D eigenvalue weighted by Crippen LogP contribution is -2.64. The quantitative estimate of drug-likeness (QED) is 0.571. The summed E-state index contributed by atoms with van der Waals surface area (Å²) in [6.45, 7) is 2.89. The van der Waals surface area contributed by atoms with Crippen LogP contribution in [0.5, 0.6) is 0 Å². The molecule has 0 bridgehead atoms. The number of hydrogen-bond acceptors (Lipinski definition) is 6. The topological polar surface area (TPSA) is 73.9 Å². The molecule has 6 nitrogen and oxygen atoms in total. The van der Waals surface area contributed by atoms with Crippen molar-refractivity contribution in [3.63, 3.8) is 0 Å². The van der Waals surface area contributed by atoms with Gasteiger partial charge in [-0.15, -0.1) is 11.6 Å². The third-order valence-electron chi connectivity index (χ3n) is 7.07. The van der Waals surface area contributed by atoms with Gasteiger partial charge in [-0.1, -0.05) is 6.92 Å². The Morgan fingerprint density at radius 2 is 1.88 bits per heavy atom. The first-order chi connectivity index (χ1) is 12.5. The van der Waals surface area contributed by atoms with Crippen molar-refractivity contribution in [2.75, 3.05) is 20.8 Å². The SMILES string of the molecule is COC1CC(OC)C2C(=O)[C@@]3(OC2C1Cl)C(=O)C1CCCNC1C[C@H]3C. The summed E-state index contributed by atoms with van der Waals surface area (Å²) in [5.41, 5.74) is -1.37. The Hall–Kier alpha value is -0.530. The molecule has 0 amide bonds. The molecular weight excluding hydrogens is 358 g/mol. The molecule has 2 aliphatic carbocycles. The van der Waals surface area contributed by atoms with E-state index >= 15 is 0 Å². The summed E-state index contributed by atoms with van der Waals surface area (Å²) in [6.07, 6.45) is 1.91. The number of alkyl halides is 1. The maximum Gasteiger partial charge on any atom is 0.188 e. The number of carbonyl (C=O) groups is 2. The average Bonchev–Trinajstić information content (AvgIpc) is 2.96. The largest absolute Gasteiger partial charge is 0.380 e. The van der Waals surface area contributed by atoms with Crippen LogP contribution in [0, 0.1) is 17.8 Å². The van der Waals surface area contributed by atoms with Crippen molar-refractivity contribution in [3.8, 4) is 0 Å². The highest BCUT2D eigenvalue weighted by atomic mass is 35.5. The Morgan fingerprint density at radius 1 is 1.15 bits per heavy atom. The molecule has 0 aromatic carbocycles. The van der Waals surface area contributed by atoms with Crippen LogP contribution >= 0.6 is 11.6 Å². The fourth-order valence-corrected chi connectivity index (χ4v) is 6.10. The number of rotatable bonds is 2. The molecule has 146 valence electrons. The number of ketones is 2. The Kier molecular flexibility index (Phi) is 4.93. The van der Waals surface area contributed by atoms with Crippen LogP contribution in [0.4, 0.5) is 0 Å². The molecule has 2 saturated carbocycles. The van der Waals surface area contributed by atoms with Gasteiger partial charge in [0, 0.05) is 38.5 Å². The van der Waals surface area contributed by atoms with E-state index in [4.69, 9.17) is 25.8 Å². The fraction of sp³-hybridized carbons (Fsp3) is 0.895. The number of piperidine rings is 1. The molecular formula is C19H28ClNO5. The number of carbonyl (C=O) groups excluding carboxylic acids is 2. The lowest BCUT2D eigenvalue weighted by molar-refractivity contribution is -0.171. The summed E-state index contributed by atoms with van der Waals surface area (Å²) in [7, 11) is 3.20. The van der Waals surface area contributed by atoms with Crippen molar-refractivity contribution < 1.29 is 23.8 Å². The maximum atomic E-state index is 13.6. The van der Waals surface area contributed by atoms with Gasteiger partial charge in [0.05, 0.1) is 29.6 Å². The Bertz CT molecular complexity index is 600. The first kappa shape index (κ1) is 18.8. The van der Waals surface area contributed by atoms with Gasteiger partial charge in [-0.05, 0) is 25.8 Å². The molecule has 2 aliphatic heterocycles. The molecule has 9 atom stereocenters. The van der Waals surface area contributed by atoms with E-state index in [9.17, 15) is 9.59 Å². The van der Waals surface area contributed by atoms with Crippen LogP contribution in [-0.4, -0.2) is 67.7 Å². The zero-order chi connectivity index (χ0) is 18.6. The second-order valence-corrected chi connectivity index (χ2v) is 8.75. The molecule has 1 N–H and O–H groups in total. The van der Waals surface area contributed by atoms with Crippen molar-refractivity contribution >= 4 is 23.2 Å². The van der Waals surface area contributed by atoms with Crippen LogP contribution in [0.15, 0.2) is 0 Å². The molecule has 4 rings (SSSR count). The first-order valence-electron chi connectivity index (χ1n) is 9.65. The van der Waals surface area contributed by atoms with Gasteiger partial charge in [-0.3, -0.25) is 9.59 Å². The third-order valence-corrected chi connectivity index (χ3v) is 7.60. The second-order valence-electron chi connectivity index (χ2n) is 8.25. The maximum absolute atomic E-state index is 13.6. The number of fused-ring (bicyclic) bond motifs is 2.